The Morgan fingerprint density at radius 2 is 2.12 bits per heavy atom. The van der Waals surface area contributed by atoms with E-state index in [9.17, 15) is 14.4 Å². The molecule has 0 spiro atoms. The number of halogens is 1. The molecule has 0 saturated carbocycles. The third-order valence-corrected chi connectivity index (χ3v) is 6.47. The van der Waals surface area contributed by atoms with Crippen molar-refractivity contribution in [3.63, 3.8) is 0 Å². The van der Waals surface area contributed by atoms with Crippen molar-refractivity contribution in [1.82, 2.24) is 14.9 Å². The first kappa shape index (κ1) is 23.1. The number of nitrogens with zero attached hydrogens (tertiary/aromatic N) is 4. The lowest BCUT2D eigenvalue weighted by Crippen LogP contribution is -2.39. The van der Waals surface area contributed by atoms with Crippen molar-refractivity contribution in [2.45, 2.75) is 23.9 Å². The van der Waals surface area contributed by atoms with Crippen LogP contribution in [-0.4, -0.2) is 53.3 Å². The summed E-state index contributed by atoms with van der Waals surface area (Å²) in [6.07, 6.45) is 5.86. The predicted octanol–water partition coefficient (Wildman–Crippen LogP) is 3.67. The molecule has 1 aliphatic heterocycles. The number of ether oxygens (including phenoxy) is 1. The topological polar surface area (TPSA) is 82.3 Å². The monoisotopic (exact) mass is 468 g/mol. The van der Waals surface area contributed by atoms with E-state index in [0.29, 0.717) is 35.1 Å². The number of hydrogen-bond acceptors (Lipinski definition) is 6. The summed E-state index contributed by atoms with van der Waals surface area (Å²) < 4.78 is 19.7. The summed E-state index contributed by atoms with van der Waals surface area (Å²) in [5.74, 6) is 0.384. The van der Waals surface area contributed by atoms with Gasteiger partial charge in [-0.2, -0.15) is 4.73 Å². The normalized spacial score (nSPS) is 14.4. The zero-order valence-electron chi connectivity index (χ0n) is 18.3. The number of thioether (sulfide) groups is 1. The van der Waals surface area contributed by atoms with Crippen molar-refractivity contribution < 1.29 is 18.7 Å². The van der Waals surface area contributed by atoms with Crippen molar-refractivity contribution in [3.05, 3.63) is 77.3 Å². The van der Waals surface area contributed by atoms with Gasteiger partial charge in [-0.1, -0.05) is 23.9 Å². The zero-order chi connectivity index (χ0) is 23.2. The number of benzene rings is 1. The van der Waals surface area contributed by atoms with Gasteiger partial charge in [-0.05, 0) is 36.6 Å². The maximum absolute atomic E-state index is 13.9. The molecule has 0 unspecified atom stereocenters. The number of piperidine rings is 1. The molecule has 7 nitrogen and oxygen atoms in total. The molecular weight excluding hydrogens is 443 g/mol. The number of methoxy groups -OCH3 is 1. The highest BCUT2D eigenvalue weighted by Gasteiger charge is 2.28. The Hall–Kier alpha value is -3.04. The smallest absolute Gasteiger partial charge is 0.259 e. The SMILES string of the molecule is COCCSc1ncc(-c2cccc(F)c2)c(C2CCN(C(=O)c3ccc[n+]([O-])c3)CC2)n1. The summed E-state index contributed by atoms with van der Waals surface area (Å²) in [6, 6.07) is 9.67. The molecule has 1 saturated heterocycles. The Morgan fingerprint density at radius 1 is 1.30 bits per heavy atom. The minimum Gasteiger partial charge on any atom is -0.619 e. The van der Waals surface area contributed by atoms with E-state index in [1.807, 2.05) is 6.07 Å². The van der Waals surface area contributed by atoms with Gasteiger partial charge in [-0.15, -0.1) is 0 Å². The molecule has 0 radical (unpaired) electrons. The van der Waals surface area contributed by atoms with Crippen LogP contribution in [0.1, 0.15) is 34.8 Å². The molecule has 172 valence electrons. The van der Waals surface area contributed by atoms with Crippen LogP contribution in [0.25, 0.3) is 11.1 Å². The number of carbonyl (C=O) groups is 1. The lowest BCUT2D eigenvalue weighted by molar-refractivity contribution is -0.605. The molecule has 0 bridgehead atoms. The van der Waals surface area contributed by atoms with Gasteiger partial charge in [0.05, 0.1) is 12.3 Å². The second kappa shape index (κ2) is 10.7. The van der Waals surface area contributed by atoms with Gasteiger partial charge in [0.2, 0.25) is 0 Å². The van der Waals surface area contributed by atoms with Gasteiger partial charge in [-0.25, -0.2) is 14.4 Å². The molecule has 1 aliphatic rings. The molecule has 9 heteroatoms. The van der Waals surface area contributed by atoms with Gasteiger partial charge in [0.25, 0.3) is 5.91 Å². The van der Waals surface area contributed by atoms with Gasteiger partial charge in [0.1, 0.15) is 11.4 Å². The third kappa shape index (κ3) is 5.66. The van der Waals surface area contributed by atoms with E-state index in [2.05, 4.69) is 4.98 Å². The van der Waals surface area contributed by atoms with E-state index in [1.165, 1.54) is 36.3 Å². The molecule has 2 aromatic heterocycles. The molecule has 4 rings (SSSR count). The molecule has 33 heavy (non-hydrogen) atoms. The van der Waals surface area contributed by atoms with Crippen LogP contribution in [0.4, 0.5) is 4.39 Å². The van der Waals surface area contributed by atoms with E-state index >= 15 is 0 Å². The molecule has 1 fully saturated rings. The Labute approximate surface area is 196 Å². The number of aromatic nitrogens is 3. The summed E-state index contributed by atoms with van der Waals surface area (Å²) in [6.45, 7) is 1.70. The molecular formula is C24H25FN4O3S. The number of hydrogen-bond donors (Lipinski definition) is 0. The van der Waals surface area contributed by atoms with Crippen molar-refractivity contribution in [2.75, 3.05) is 32.6 Å². The van der Waals surface area contributed by atoms with Gasteiger partial charge in [-0.3, -0.25) is 4.79 Å². The van der Waals surface area contributed by atoms with Crippen molar-refractivity contribution in [3.8, 4) is 11.1 Å². The number of likely N-dealkylation sites (tertiary alicyclic amines) is 1. The van der Waals surface area contributed by atoms with Crippen LogP contribution in [0.5, 0.6) is 0 Å². The maximum atomic E-state index is 13.9. The van der Waals surface area contributed by atoms with E-state index in [-0.39, 0.29) is 17.6 Å². The third-order valence-electron chi connectivity index (χ3n) is 5.64. The Morgan fingerprint density at radius 3 is 2.85 bits per heavy atom. The van der Waals surface area contributed by atoms with Gasteiger partial charge >= 0.3 is 0 Å². The van der Waals surface area contributed by atoms with Gasteiger partial charge < -0.3 is 14.8 Å². The first-order valence-corrected chi connectivity index (χ1v) is 11.8. The number of carbonyl (C=O) groups excluding carboxylic acids is 1. The van der Waals surface area contributed by atoms with E-state index in [1.54, 1.807) is 36.4 Å². The van der Waals surface area contributed by atoms with Crippen LogP contribution >= 0.6 is 11.8 Å². The first-order chi connectivity index (χ1) is 16.0. The highest BCUT2D eigenvalue weighted by Crippen LogP contribution is 2.35. The summed E-state index contributed by atoms with van der Waals surface area (Å²) in [5.41, 5.74) is 2.80. The average Bonchev–Trinajstić information content (AvgIpc) is 2.84. The number of pyridine rings is 1. The molecule has 0 aliphatic carbocycles. The van der Waals surface area contributed by atoms with Crippen LogP contribution in [-0.2, 0) is 4.74 Å². The summed E-state index contributed by atoms with van der Waals surface area (Å²) in [7, 11) is 1.65. The molecule has 1 aromatic carbocycles. The van der Waals surface area contributed by atoms with E-state index < -0.39 is 0 Å². The Kier molecular flexibility index (Phi) is 7.51. The predicted molar refractivity (Wildman–Crippen MR) is 123 cm³/mol. The van der Waals surface area contributed by atoms with Crippen molar-refractivity contribution in [2.24, 2.45) is 0 Å². The Balaban J connectivity index is 1.55. The van der Waals surface area contributed by atoms with Crippen LogP contribution in [0.15, 0.2) is 60.1 Å². The number of rotatable bonds is 7. The van der Waals surface area contributed by atoms with Crippen LogP contribution < -0.4 is 4.73 Å². The minimum absolute atomic E-state index is 0.109. The average molecular weight is 469 g/mol. The lowest BCUT2D eigenvalue weighted by atomic mass is 9.88. The quantitative estimate of drug-likeness (QED) is 0.173. The first-order valence-electron chi connectivity index (χ1n) is 10.8. The highest BCUT2D eigenvalue weighted by molar-refractivity contribution is 7.99. The molecule has 0 N–H and O–H groups in total. The van der Waals surface area contributed by atoms with Crippen LogP contribution in [0.3, 0.4) is 0 Å². The van der Waals surface area contributed by atoms with E-state index in [4.69, 9.17) is 9.72 Å². The Bertz CT molecular complexity index is 1120. The fraction of sp³-hybridized carbons (Fsp3) is 0.333. The fourth-order valence-electron chi connectivity index (χ4n) is 3.97. The zero-order valence-corrected chi connectivity index (χ0v) is 19.1. The van der Waals surface area contributed by atoms with Crippen LogP contribution in [0.2, 0.25) is 0 Å². The van der Waals surface area contributed by atoms with Gasteiger partial charge in [0, 0.05) is 49.7 Å². The molecule has 0 atom stereocenters. The standard InChI is InChI=1S/C24H25FN4O3S/c1-32-12-13-33-24-26-15-21(18-4-2-6-20(25)14-18)22(27-24)17-7-10-28(11-8-17)23(30)19-5-3-9-29(31)16-19/h2-6,9,14-17H,7-8,10-13H2,1H3. The summed E-state index contributed by atoms with van der Waals surface area (Å²) in [4.78, 5) is 23.9. The molecule has 1 amide bonds. The van der Waals surface area contributed by atoms with E-state index in [0.717, 1.165) is 35.4 Å². The van der Waals surface area contributed by atoms with Gasteiger partial charge in [0.15, 0.2) is 17.6 Å². The summed E-state index contributed by atoms with van der Waals surface area (Å²) >= 11 is 1.52. The minimum atomic E-state index is -0.309. The second-order valence-corrected chi connectivity index (χ2v) is 8.88. The number of amides is 1. The largest absolute Gasteiger partial charge is 0.619 e. The van der Waals surface area contributed by atoms with Crippen molar-refractivity contribution >= 4 is 17.7 Å². The second-order valence-electron chi connectivity index (χ2n) is 7.82. The molecule has 3 aromatic rings. The lowest BCUT2D eigenvalue weighted by Gasteiger charge is -2.32. The van der Waals surface area contributed by atoms with Crippen molar-refractivity contribution in [1.29, 1.82) is 0 Å². The summed E-state index contributed by atoms with van der Waals surface area (Å²) in [5, 5.41) is 12.2. The van der Waals surface area contributed by atoms with Crippen LogP contribution in [0, 0.1) is 11.0 Å². The maximum Gasteiger partial charge on any atom is 0.259 e. The fourth-order valence-corrected chi connectivity index (χ4v) is 4.70. The molecule has 3 heterocycles. The highest BCUT2D eigenvalue weighted by atomic mass is 32.2.